The van der Waals surface area contributed by atoms with Crippen LogP contribution in [-0.4, -0.2) is 37.7 Å². The first-order valence-corrected chi connectivity index (χ1v) is 10.5. The minimum absolute atomic E-state index is 0.157. The van der Waals surface area contributed by atoms with Crippen LogP contribution in [-0.2, 0) is 18.9 Å². The molecule has 0 spiro atoms. The molecule has 0 N–H and O–H groups in total. The smallest absolute Gasteiger partial charge is 0.434 e. The molecule has 158 valence electrons. The summed E-state index contributed by atoms with van der Waals surface area (Å²) in [5, 5.41) is 0. The van der Waals surface area contributed by atoms with Gasteiger partial charge in [0.05, 0.1) is 13.2 Å². The number of carbonyl (C=O) groups is 2. The van der Waals surface area contributed by atoms with E-state index < -0.39 is 12.3 Å². The lowest BCUT2D eigenvalue weighted by atomic mass is 9.95. The van der Waals surface area contributed by atoms with Crippen LogP contribution in [0.15, 0.2) is 0 Å². The van der Waals surface area contributed by atoms with E-state index in [1.54, 1.807) is 0 Å². The van der Waals surface area contributed by atoms with Gasteiger partial charge < -0.3 is 18.9 Å². The lowest BCUT2D eigenvalue weighted by molar-refractivity contribution is -0.0285. The van der Waals surface area contributed by atoms with Crippen molar-refractivity contribution < 1.29 is 28.5 Å². The van der Waals surface area contributed by atoms with Crippen molar-refractivity contribution in [3.8, 4) is 0 Å². The Labute approximate surface area is 164 Å². The summed E-state index contributed by atoms with van der Waals surface area (Å²) in [7, 11) is 0. The molecule has 6 nitrogen and oxygen atoms in total. The second-order valence-corrected chi connectivity index (χ2v) is 8.28. The van der Waals surface area contributed by atoms with Crippen molar-refractivity contribution >= 4 is 12.3 Å². The molecule has 1 fully saturated rings. The van der Waals surface area contributed by atoms with Gasteiger partial charge in [0.1, 0.15) is 12.2 Å². The van der Waals surface area contributed by atoms with E-state index in [2.05, 4.69) is 13.8 Å². The van der Waals surface area contributed by atoms with E-state index in [1.807, 2.05) is 13.8 Å². The Balaban J connectivity index is 2.04. The largest absolute Gasteiger partial charge is 0.508 e. The number of hydrogen-bond acceptors (Lipinski definition) is 6. The van der Waals surface area contributed by atoms with Gasteiger partial charge >= 0.3 is 12.3 Å². The first-order chi connectivity index (χ1) is 12.9. The van der Waals surface area contributed by atoms with E-state index in [-0.39, 0.29) is 18.1 Å². The average molecular weight is 387 g/mol. The summed E-state index contributed by atoms with van der Waals surface area (Å²) in [5.74, 6) is 1.04. The Hall–Kier alpha value is -1.46. The summed E-state index contributed by atoms with van der Waals surface area (Å²) < 4.78 is 20.8. The maximum absolute atomic E-state index is 11.7. The zero-order chi connectivity index (χ0) is 20.1. The van der Waals surface area contributed by atoms with Crippen molar-refractivity contribution in [2.75, 3.05) is 13.2 Å². The predicted octanol–water partition coefficient (Wildman–Crippen LogP) is 5.87. The first kappa shape index (κ1) is 23.6. The van der Waals surface area contributed by atoms with Gasteiger partial charge in [0.2, 0.25) is 0 Å². The van der Waals surface area contributed by atoms with Crippen LogP contribution < -0.4 is 0 Å². The molecule has 0 aromatic carbocycles. The molecule has 1 rings (SSSR count). The third-order valence-electron chi connectivity index (χ3n) is 4.58. The van der Waals surface area contributed by atoms with Gasteiger partial charge in [-0.1, -0.05) is 53.4 Å². The quantitative estimate of drug-likeness (QED) is 0.327. The molecule has 0 heterocycles. The Bertz CT molecular complexity index is 413. The maximum atomic E-state index is 11.7. The molecular formula is C21H38O6. The topological polar surface area (TPSA) is 71.1 Å². The van der Waals surface area contributed by atoms with Gasteiger partial charge in [-0.25, -0.2) is 9.59 Å². The van der Waals surface area contributed by atoms with Crippen molar-refractivity contribution in [1.29, 1.82) is 0 Å². The van der Waals surface area contributed by atoms with E-state index in [0.717, 1.165) is 18.8 Å². The second kappa shape index (κ2) is 13.7. The molecule has 1 aliphatic rings. The van der Waals surface area contributed by atoms with Crippen LogP contribution >= 0.6 is 0 Å². The molecule has 0 saturated heterocycles. The highest BCUT2D eigenvalue weighted by Gasteiger charge is 2.27. The SMILES string of the molecule is CC(C)CCCCCCOC(=O)OC1CCC(OC(=O)OCC(C)C)CC1. The maximum Gasteiger partial charge on any atom is 0.508 e. The van der Waals surface area contributed by atoms with Gasteiger partial charge in [0.15, 0.2) is 0 Å². The Morgan fingerprint density at radius 1 is 0.741 bits per heavy atom. The molecule has 1 saturated carbocycles. The molecule has 0 radical (unpaired) electrons. The summed E-state index contributed by atoms with van der Waals surface area (Å²) >= 11 is 0. The van der Waals surface area contributed by atoms with Crippen LogP contribution in [0.25, 0.3) is 0 Å². The number of ether oxygens (including phenoxy) is 4. The number of carbonyl (C=O) groups excluding carboxylic acids is 2. The molecular weight excluding hydrogens is 348 g/mol. The molecule has 27 heavy (non-hydrogen) atoms. The van der Waals surface area contributed by atoms with Crippen molar-refractivity contribution in [3.05, 3.63) is 0 Å². The molecule has 6 heteroatoms. The highest BCUT2D eigenvalue weighted by atomic mass is 16.7. The molecule has 0 aromatic heterocycles. The minimum atomic E-state index is -0.610. The highest BCUT2D eigenvalue weighted by molar-refractivity contribution is 5.60. The van der Waals surface area contributed by atoms with E-state index in [1.165, 1.54) is 19.3 Å². The van der Waals surface area contributed by atoms with Gasteiger partial charge in [-0.05, 0) is 43.9 Å². The number of hydrogen-bond donors (Lipinski definition) is 0. The zero-order valence-electron chi connectivity index (χ0n) is 17.5. The van der Waals surface area contributed by atoms with Crippen LogP contribution in [0.3, 0.4) is 0 Å². The zero-order valence-corrected chi connectivity index (χ0v) is 17.5. The van der Waals surface area contributed by atoms with Gasteiger partial charge in [-0.15, -0.1) is 0 Å². The van der Waals surface area contributed by atoms with Crippen molar-refractivity contribution in [2.45, 2.75) is 97.7 Å². The van der Waals surface area contributed by atoms with E-state index in [0.29, 0.717) is 38.9 Å². The Kier molecular flexibility index (Phi) is 11.9. The molecule has 0 unspecified atom stereocenters. The fourth-order valence-corrected chi connectivity index (χ4v) is 3.01. The monoisotopic (exact) mass is 386 g/mol. The molecule has 0 aliphatic heterocycles. The van der Waals surface area contributed by atoms with Crippen LogP contribution in [0.2, 0.25) is 0 Å². The Morgan fingerprint density at radius 3 is 1.78 bits per heavy atom. The van der Waals surface area contributed by atoms with Gasteiger partial charge in [0.25, 0.3) is 0 Å². The van der Waals surface area contributed by atoms with Gasteiger partial charge in [-0.3, -0.25) is 0 Å². The molecule has 1 aliphatic carbocycles. The normalized spacial score (nSPS) is 19.8. The summed E-state index contributed by atoms with van der Waals surface area (Å²) in [6, 6.07) is 0. The first-order valence-electron chi connectivity index (χ1n) is 10.5. The second-order valence-electron chi connectivity index (χ2n) is 8.28. The third-order valence-corrected chi connectivity index (χ3v) is 4.58. The standard InChI is InChI=1S/C21H38O6/c1-16(2)9-7-5-6-8-14-24-20(22)26-18-10-12-19(13-11-18)27-21(23)25-15-17(3)4/h16-19H,5-15H2,1-4H3. The van der Waals surface area contributed by atoms with Crippen LogP contribution in [0.1, 0.15) is 85.5 Å². The van der Waals surface area contributed by atoms with Crippen molar-refractivity contribution in [2.24, 2.45) is 11.8 Å². The van der Waals surface area contributed by atoms with Crippen molar-refractivity contribution in [3.63, 3.8) is 0 Å². The molecule has 0 aromatic rings. The lowest BCUT2D eigenvalue weighted by Gasteiger charge is -2.27. The average Bonchev–Trinajstić information content (AvgIpc) is 2.60. The van der Waals surface area contributed by atoms with Crippen molar-refractivity contribution in [1.82, 2.24) is 0 Å². The number of rotatable bonds is 11. The molecule has 0 bridgehead atoms. The van der Waals surface area contributed by atoms with E-state index in [4.69, 9.17) is 18.9 Å². The fourth-order valence-electron chi connectivity index (χ4n) is 3.01. The third kappa shape index (κ3) is 12.5. The van der Waals surface area contributed by atoms with E-state index >= 15 is 0 Å². The highest BCUT2D eigenvalue weighted by Crippen LogP contribution is 2.24. The number of unbranched alkanes of at least 4 members (excludes halogenated alkanes) is 3. The van der Waals surface area contributed by atoms with Gasteiger partial charge in [-0.2, -0.15) is 0 Å². The van der Waals surface area contributed by atoms with E-state index in [9.17, 15) is 9.59 Å². The van der Waals surface area contributed by atoms with Gasteiger partial charge in [0, 0.05) is 0 Å². The minimum Gasteiger partial charge on any atom is -0.434 e. The predicted molar refractivity (Wildman–Crippen MR) is 104 cm³/mol. The summed E-state index contributed by atoms with van der Waals surface area (Å²) in [5.41, 5.74) is 0. The summed E-state index contributed by atoms with van der Waals surface area (Å²) in [4.78, 5) is 23.3. The Morgan fingerprint density at radius 2 is 1.26 bits per heavy atom. The summed E-state index contributed by atoms with van der Waals surface area (Å²) in [6.45, 7) is 9.19. The van der Waals surface area contributed by atoms with Crippen LogP contribution in [0.4, 0.5) is 9.59 Å². The lowest BCUT2D eigenvalue weighted by Crippen LogP contribution is -2.30. The van der Waals surface area contributed by atoms with Crippen LogP contribution in [0.5, 0.6) is 0 Å². The fraction of sp³-hybridized carbons (Fsp3) is 0.905. The molecule has 0 atom stereocenters. The molecule has 0 amide bonds. The summed E-state index contributed by atoms with van der Waals surface area (Å²) in [6.07, 6.45) is 6.80. The van der Waals surface area contributed by atoms with Crippen LogP contribution in [0, 0.1) is 11.8 Å².